The number of carbonyl (C=O) groups is 2. The first-order valence-corrected chi connectivity index (χ1v) is 6.92. The number of hydrogen-bond donors (Lipinski definition) is 2. The molecule has 0 bridgehead atoms. The highest BCUT2D eigenvalue weighted by Crippen LogP contribution is 2.23. The molecule has 110 valence electrons. The molecule has 19 heavy (non-hydrogen) atoms. The molecule has 0 aromatic rings. The molecular formula is C13H24ClN3O2. The fourth-order valence-electron chi connectivity index (χ4n) is 2.79. The molecule has 2 amide bonds. The summed E-state index contributed by atoms with van der Waals surface area (Å²) in [7, 11) is 0. The zero-order valence-corrected chi connectivity index (χ0v) is 12.3. The van der Waals surface area contributed by atoms with E-state index < -0.39 is 0 Å². The van der Waals surface area contributed by atoms with Crippen LogP contribution in [0.5, 0.6) is 0 Å². The molecule has 2 aliphatic heterocycles. The maximum absolute atomic E-state index is 12.1. The molecule has 2 saturated heterocycles. The van der Waals surface area contributed by atoms with Crippen LogP contribution in [0.3, 0.4) is 0 Å². The van der Waals surface area contributed by atoms with E-state index in [-0.39, 0.29) is 30.8 Å². The molecule has 0 radical (unpaired) electrons. The molecular weight excluding hydrogens is 266 g/mol. The largest absolute Gasteiger partial charge is 0.353 e. The Labute approximate surface area is 120 Å². The van der Waals surface area contributed by atoms with E-state index in [9.17, 15) is 9.59 Å². The van der Waals surface area contributed by atoms with Gasteiger partial charge in [0.25, 0.3) is 0 Å². The van der Waals surface area contributed by atoms with Crippen molar-refractivity contribution in [2.24, 2.45) is 11.8 Å². The number of piperazine rings is 1. The summed E-state index contributed by atoms with van der Waals surface area (Å²) in [6.07, 6.45) is 2.98. The topological polar surface area (TPSA) is 61.4 Å². The van der Waals surface area contributed by atoms with Gasteiger partial charge < -0.3 is 15.5 Å². The fraction of sp³-hybridized carbons (Fsp3) is 0.846. The highest BCUT2D eigenvalue weighted by molar-refractivity contribution is 5.86. The van der Waals surface area contributed by atoms with Gasteiger partial charge in [-0.15, -0.1) is 12.4 Å². The Kier molecular flexibility index (Phi) is 6.58. The number of hydrogen-bond acceptors (Lipinski definition) is 3. The van der Waals surface area contributed by atoms with E-state index in [1.807, 2.05) is 0 Å². The second kappa shape index (κ2) is 7.70. The van der Waals surface area contributed by atoms with E-state index in [1.54, 1.807) is 4.90 Å². The molecule has 6 heteroatoms. The van der Waals surface area contributed by atoms with Crippen molar-refractivity contribution in [3.05, 3.63) is 0 Å². The van der Waals surface area contributed by atoms with Gasteiger partial charge in [-0.3, -0.25) is 9.59 Å². The van der Waals surface area contributed by atoms with E-state index in [0.29, 0.717) is 31.3 Å². The van der Waals surface area contributed by atoms with Gasteiger partial charge in [0.05, 0.1) is 6.54 Å². The van der Waals surface area contributed by atoms with Crippen molar-refractivity contribution in [1.29, 1.82) is 0 Å². The van der Waals surface area contributed by atoms with Crippen molar-refractivity contribution >= 4 is 24.2 Å². The van der Waals surface area contributed by atoms with Gasteiger partial charge in [0.1, 0.15) is 0 Å². The van der Waals surface area contributed by atoms with Crippen LogP contribution >= 0.6 is 12.4 Å². The number of carbonyl (C=O) groups excluding carboxylic acids is 2. The first kappa shape index (κ1) is 16.2. The zero-order valence-electron chi connectivity index (χ0n) is 11.5. The number of rotatable bonds is 3. The summed E-state index contributed by atoms with van der Waals surface area (Å²) in [5.41, 5.74) is 0. The highest BCUT2D eigenvalue weighted by Gasteiger charge is 2.26. The van der Waals surface area contributed by atoms with E-state index in [2.05, 4.69) is 17.6 Å². The molecule has 2 heterocycles. The van der Waals surface area contributed by atoms with Crippen LogP contribution in [0, 0.1) is 11.8 Å². The highest BCUT2D eigenvalue weighted by atomic mass is 35.5. The smallest absolute Gasteiger partial charge is 0.239 e. The maximum Gasteiger partial charge on any atom is 0.239 e. The molecule has 0 aliphatic carbocycles. The van der Waals surface area contributed by atoms with Crippen LogP contribution in [0.25, 0.3) is 0 Å². The average molecular weight is 290 g/mol. The Bertz CT molecular complexity index is 319. The number of nitrogens with zero attached hydrogens (tertiary/aromatic N) is 1. The minimum Gasteiger partial charge on any atom is -0.353 e. The van der Waals surface area contributed by atoms with Gasteiger partial charge in [-0.05, 0) is 37.8 Å². The second-order valence-corrected chi connectivity index (χ2v) is 5.45. The number of nitrogens with one attached hydrogen (secondary N) is 2. The van der Waals surface area contributed by atoms with E-state index in [1.165, 1.54) is 12.8 Å². The van der Waals surface area contributed by atoms with Gasteiger partial charge in [0, 0.05) is 19.5 Å². The molecule has 2 fully saturated rings. The summed E-state index contributed by atoms with van der Waals surface area (Å²) in [6, 6.07) is 0. The molecule has 0 saturated carbocycles. The van der Waals surface area contributed by atoms with E-state index in [0.717, 1.165) is 13.1 Å². The Morgan fingerprint density at radius 2 is 2.26 bits per heavy atom. The van der Waals surface area contributed by atoms with Crippen molar-refractivity contribution < 1.29 is 9.59 Å². The Hall–Kier alpha value is -0.810. The van der Waals surface area contributed by atoms with Crippen LogP contribution in [0.2, 0.25) is 0 Å². The lowest BCUT2D eigenvalue weighted by atomic mass is 9.85. The first-order valence-electron chi connectivity index (χ1n) is 6.92. The quantitative estimate of drug-likeness (QED) is 0.790. The van der Waals surface area contributed by atoms with Gasteiger partial charge in [0.2, 0.25) is 11.8 Å². The van der Waals surface area contributed by atoms with E-state index in [4.69, 9.17) is 0 Å². The van der Waals surface area contributed by atoms with Crippen molar-refractivity contribution in [2.45, 2.75) is 26.2 Å². The summed E-state index contributed by atoms with van der Waals surface area (Å²) >= 11 is 0. The molecule has 2 N–H and O–H groups in total. The first-order chi connectivity index (χ1) is 8.66. The van der Waals surface area contributed by atoms with Gasteiger partial charge >= 0.3 is 0 Å². The summed E-state index contributed by atoms with van der Waals surface area (Å²) in [5.74, 6) is 1.08. The summed E-state index contributed by atoms with van der Waals surface area (Å²) in [4.78, 5) is 25.1. The van der Waals surface area contributed by atoms with Crippen molar-refractivity contribution in [3.8, 4) is 0 Å². The lowest BCUT2D eigenvalue weighted by molar-refractivity contribution is -0.139. The van der Waals surface area contributed by atoms with Gasteiger partial charge in [0.15, 0.2) is 0 Å². The number of piperidine rings is 1. The third-order valence-corrected chi connectivity index (χ3v) is 4.03. The molecule has 2 rings (SSSR count). The van der Waals surface area contributed by atoms with Crippen molar-refractivity contribution in [2.75, 3.05) is 32.7 Å². The Morgan fingerprint density at radius 1 is 1.47 bits per heavy atom. The van der Waals surface area contributed by atoms with E-state index >= 15 is 0 Å². The van der Waals surface area contributed by atoms with Crippen LogP contribution in [0.15, 0.2) is 0 Å². The summed E-state index contributed by atoms with van der Waals surface area (Å²) in [5, 5.41) is 6.13. The molecule has 0 aromatic carbocycles. The molecule has 5 nitrogen and oxygen atoms in total. The van der Waals surface area contributed by atoms with Gasteiger partial charge in [-0.1, -0.05) is 6.92 Å². The SMILES string of the molecule is CC(CC(=O)N1CCNC(=O)C1)C1CCCNC1.Cl. The third-order valence-electron chi connectivity index (χ3n) is 4.03. The van der Waals surface area contributed by atoms with Crippen LogP contribution < -0.4 is 10.6 Å². The lowest BCUT2D eigenvalue weighted by Crippen LogP contribution is -2.50. The van der Waals surface area contributed by atoms with Crippen LogP contribution in [-0.2, 0) is 9.59 Å². The van der Waals surface area contributed by atoms with Gasteiger partial charge in [-0.2, -0.15) is 0 Å². The Morgan fingerprint density at radius 3 is 2.89 bits per heavy atom. The third kappa shape index (κ3) is 4.66. The maximum atomic E-state index is 12.1. The van der Waals surface area contributed by atoms with Gasteiger partial charge in [-0.25, -0.2) is 0 Å². The lowest BCUT2D eigenvalue weighted by Gasteiger charge is -2.31. The standard InChI is InChI=1S/C13H23N3O2.ClH/c1-10(11-3-2-4-14-8-11)7-13(18)16-6-5-15-12(17)9-16;/h10-11,14H,2-9H2,1H3,(H,15,17);1H. The molecule has 2 unspecified atom stereocenters. The normalized spacial score (nSPS) is 25.2. The molecule has 0 spiro atoms. The Balaban J connectivity index is 0.00000180. The summed E-state index contributed by atoms with van der Waals surface area (Å²) < 4.78 is 0. The van der Waals surface area contributed by atoms with Crippen LogP contribution in [-0.4, -0.2) is 49.4 Å². The minimum atomic E-state index is -0.0402. The monoisotopic (exact) mass is 289 g/mol. The summed E-state index contributed by atoms with van der Waals surface area (Å²) in [6.45, 7) is 5.75. The minimum absolute atomic E-state index is 0. The average Bonchev–Trinajstić information content (AvgIpc) is 2.39. The fourth-order valence-corrected chi connectivity index (χ4v) is 2.79. The second-order valence-electron chi connectivity index (χ2n) is 5.45. The van der Waals surface area contributed by atoms with Crippen molar-refractivity contribution in [1.82, 2.24) is 15.5 Å². The molecule has 2 atom stereocenters. The number of amides is 2. The molecule has 2 aliphatic rings. The van der Waals surface area contributed by atoms with Crippen LogP contribution in [0.4, 0.5) is 0 Å². The predicted octanol–water partition coefficient (Wildman–Crippen LogP) is 0.392. The van der Waals surface area contributed by atoms with Crippen LogP contribution in [0.1, 0.15) is 26.2 Å². The zero-order chi connectivity index (χ0) is 13.0. The van der Waals surface area contributed by atoms with Crippen molar-refractivity contribution in [3.63, 3.8) is 0 Å². The predicted molar refractivity (Wildman–Crippen MR) is 76.2 cm³/mol. The number of halogens is 1. The molecule has 0 aromatic heterocycles.